The van der Waals surface area contributed by atoms with Crippen molar-refractivity contribution < 1.29 is 9.72 Å². The van der Waals surface area contributed by atoms with Crippen LogP contribution in [-0.4, -0.2) is 28.8 Å². The summed E-state index contributed by atoms with van der Waals surface area (Å²) in [4.78, 5) is 24.8. The molecule has 1 aliphatic rings. The number of benzene rings is 2. The second-order valence-electron chi connectivity index (χ2n) is 5.75. The van der Waals surface area contributed by atoms with E-state index in [2.05, 4.69) is 5.32 Å². The van der Waals surface area contributed by atoms with Crippen molar-refractivity contribution in [3.05, 3.63) is 70.3 Å². The molecule has 2 aromatic carbocycles. The van der Waals surface area contributed by atoms with Crippen LogP contribution in [-0.2, 0) is 4.79 Å². The van der Waals surface area contributed by atoms with Crippen LogP contribution in [0.1, 0.15) is 24.4 Å². The van der Waals surface area contributed by atoms with E-state index in [9.17, 15) is 14.9 Å². The van der Waals surface area contributed by atoms with Crippen LogP contribution >= 0.6 is 0 Å². The molecule has 0 spiro atoms. The minimum Gasteiger partial charge on any atom is -0.379 e. The van der Waals surface area contributed by atoms with Crippen LogP contribution in [0, 0.1) is 10.1 Å². The van der Waals surface area contributed by atoms with E-state index < -0.39 is 4.92 Å². The average molecular weight is 325 g/mol. The maximum Gasteiger partial charge on any atom is 0.292 e. The minimum absolute atomic E-state index is 0.0241. The summed E-state index contributed by atoms with van der Waals surface area (Å²) in [5.41, 5.74) is 1.62. The zero-order valence-electron chi connectivity index (χ0n) is 13.2. The van der Waals surface area contributed by atoms with Gasteiger partial charge in [0.15, 0.2) is 0 Å². The summed E-state index contributed by atoms with van der Waals surface area (Å²) in [7, 11) is 0. The highest BCUT2D eigenvalue weighted by atomic mass is 16.6. The van der Waals surface area contributed by atoms with Gasteiger partial charge in [0.25, 0.3) is 5.69 Å². The number of nitro benzene ring substituents is 1. The number of para-hydroxylation sites is 2. The molecule has 1 saturated heterocycles. The number of carbonyl (C=O) groups excluding carboxylic acids is 1. The molecule has 0 aliphatic carbocycles. The second-order valence-corrected chi connectivity index (χ2v) is 5.75. The summed E-state index contributed by atoms with van der Waals surface area (Å²) >= 11 is 0. The van der Waals surface area contributed by atoms with Gasteiger partial charge in [0.1, 0.15) is 5.69 Å². The molecule has 0 unspecified atom stereocenters. The van der Waals surface area contributed by atoms with Crippen LogP contribution in [0.4, 0.5) is 11.4 Å². The van der Waals surface area contributed by atoms with Crippen molar-refractivity contribution in [1.82, 2.24) is 4.90 Å². The van der Waals surface area contributed by atoms with Crippen molar-refractivity contribution in [2.45, 2.75) is 18.9 Å². The van der Waals surface area contributed by atoms with Gasteiger partial charge in [0.05, 0.1) is 11.0 Å². The standard InChI is InChI=1S/C18H19N3O3/c22-18(20-13-11-16(20)14-6-2-1-3-7-14)10-12-19-15-8-4-5-9-17(15)21(23)24/h1-9,16,19H,10-13H2/t16-/m0/s1. The Kier molecular flexibility index (Phi) is 4.74. The topological polar surface area (TPSA) is 75.5 Å². The van der Waals surface area contributed by atoms with Crippen molar-refractivity contribution in [2.75, 3.05) is 18.4 Å². The number of anilines is 1. The molecule has 24 heavy (non-hydrogen) atoms. The van der Waals surface area contributed by atoms with Gasteiger partial charge in [-0.1, -0.05) is 42.5 Å². The smallest absolute Gasteiger partial charge is 0.292 e. The van der Waals surface area contributed by atoms with Crippen molar-refractivity contribution in [2.24, 2.45) is 0 Å². The fourth-order valence-electron chi connectivity index (χ4n) is 2.94. The number of hydrogen-bond acceptors (Lipinski definition) is 4. The largest absolute Gasteiger partial charge is 0.379 e. The number of nitrogens with one attached hydrogen (secondary N) is 1. The first-order valence-corrected chi connectivity index (χ1v) is 7.98. The fourth-order valence-corrected chi connectivity index (χ4v) is 2.94. The Morgan fingerprint density at radius 1 is 1.17 bits per heavy atom. The van der Waals surface area contributed by atoms with Gasteiger partial charge in [0, 0.05) is 25.6 Å². The lowest BCUT2D eigenvalue weighted by Gasteiger charge is -2.41. The van der Waals surface area contributed by atoms with E-state index in [0.29, 0.717) is 18.7 Å². The van der Waals surface area contributed by atoms with Crippen molar-refractivity contribution in [3.8, 4) is 0 Å². The molecule has 6 nitrogen and oxygen atoms in total. The molecule has 1 fully saturated rings. The third kappa shape index (κ3) is 3.37. The Balaban J connectivity index is 1.54. The van der Waals surface area contributed by atoms with E-state index in [4.69, 9.17) is 0 Å². The van der Waals surface area contributed by atoms with Gasteiger partial charge >= 0.3 is 0 Å². The van der Waals surface area contributed by atoms with Gasteiger partial charge in [-0.2, -0.15) is 0 Å². The van der Waals surface area contributed by atoms with Crippen molar-refractivity contribution in [3.63, 3.8) is 0 Å². The molecule has 1 heterocycles. The zero-order valence-corrected chi connectivity index (χ0v) is 13.2. The fraction of sp³-hybridized carbons (Fsp3) is 0.278. The average Bonchev–Trinajstić information content (AvgIpc) is 2.55. The Labute approximate surface area is 140 Å². The predicted octanol–water partition coefficient (Wildman–Crippen LogP) is 3.37. The maximum atomic E-state index is 12.4. The monoisotopic (exact) mass is 325 g/mol. The summed E-state index contributed by atoms with van der Waals surface area (Å²) in [5.74, 6) is 0.0705. The van der Waals surface area contributed by atoms with E-state index in [1.54, 1.807) is 18.2 Å². The number of nitrogens with zero attached hydrogens (tertiary/aromatic N) is 2. The number of amides is 1. The summed E-state index contributed by atoms with van der Waals surface area (Å²) < 4.78 is 0. The lowest BCUT2D eigenvalue weighted by molar-refractivity contribution is -0.384. The highest BCUT2D eigenvalue weighted by Crippen LogP contribution is 2.33. The molecule has 0 aromatic heterocycles. The number of likely N-dealkylation sites (tertiary alicyclic amines) is 1. The first-order chi connectivity index (χ1) is 11.7. The molecule has 124 valence electrons. The normalized spacial score (nSPS) is 16.3. The molecular formula is C18H19N3O3. The van der Waals surface area contributed by atoms with E-state index in [1.807, 2.05) is 35.2 Å². The summed E-state index contributed by atoms with van der Waals surface area (Å²) in [5, 5.41) is 14.0. The van der Waals surface area contributed by atoms with Gasteiger partial charge < -0.3 is 10.2 Å². The van der Waals surface area contributed by atoms with Crippen molar-refractivity contribution in [1.29, 1.82) is 0 Å². The van der Waals surface area contributed by atoms with Crippen LogP contribution in [0.5, 0.6) is 0 Å². The summed E-state index contributed by atoms with van der Waals surface area (Å²) in [6, 6.07) is 16.6. The van der Waals surface area contributed by atoms with E-state index in [0.717, 1.165) is 18.5 Å². The first-order valence-electron chi connectivity index (χ1n) is 7.98. The number of carbonyl (C=O) groups is 1. The molecule has 0 radical (unpaired) electrons. The Bertz CT molecular complexity index is 733. The van der Waals surface area contributed by atoms with Gasteiger partial charge in [-0.25, -0.2) is 0 Å². The van der Waals surface area contributed by atoms with E-state index in [1.165, 1.54) is 6.07 Å². The third-order valence-corrected chi connectivity index (χ3v) is 4.28. The Morgan fingerprint density at radius 3 is 2.54 bits per heavy atom. The lowest BCUT2D eigenvalue weighted by Crippen LogP contribution is -2.45. The molecule has 6 heteroatoms. The first kappa shape index (κ1) is 16.0. The Morgan fingerprint density at radius 2 is 1.88 bits per heavy atom. The van der Waals surface area contributed by atoms with Crippen LogP contribution in [0.2, 0.25) is 0 Å². The highest BCUT2D eigenvalue weighted by Gasteiger charge is 2.32. The molecule has 1 aliphatic heterocycles. The molecule has 1 amide bonds. The third-order valence-electron chi connectivity index (χ3n) is 4.28. The second kappa shape index (κ2) is 7.12. The Hall–Kier alpha value is -2.89. The predicted molar refractivity (Wildman–Crippen MR) is 91.7 cm³/mol. The summed E-state index contributed by atoms with van der Waals surface area (Å²) in [6.07, 6.45) is 1.29. The van der Waals surface area contributed by atoms with Crippen LogP contribution in [0.3, 0.4) is 0 Å². The molecule has 2 aromatic rings. The maximum absolute atomic E-state index is 12.4. The molecule has 1 atom stereocenters. The van der Waals surface area contributed by atoms with Gasteiger partial charge in [-0.3, -0.25) is 14.9 Å². The molecule has 1 N–H and O–H groups in total. The molecular weight excluding hydrogens is 306 g/mol. The lowest BCUT2D eigenvalue weighted by atomic mass is 9.94. The minimum atomic E-state index is -0.426. The van der Waals surface area contributed by atoms with Gasteiger partial charge in [0.2, 0.25) is 5.91 Å². The number of nitro groups is 1. The number of hydrogen-bond donors (Lipinski definition) is 1. The zero-order chi connectivity index (χ0) is 16.9. The van der Waals surface area contributed by atoms with Crippen LogP contribution in [0.25, 0.3) is 0 Å². The number of rotatable bonds is 6. The molecule has 3 rings (SSSR count). The quantitative estimate of drug-likeness (QED) is 0.652. The van der Waals surface area contributed by atoms with Crippen molar-refractivity contribution >= 4 is 17.3 Å². The van der Waals surface area contributed by atoms with E-state index in [-0.39, 0.29) is 17.6 Å². The van der Waals surface area contributed by atoms with E-state index >= 15 is 0 Å². The van der Waals surface area contributed by atoms with Gasteiger partial charge in [-0.05, 0) is 18.1 Å². The van der Waals surface area contributed by atoms with Gasteiger partial charge in [-0.15, -0.1) is 0 Å². The molecule has 0 bridgehead atoms. The highest BCUT2D eigenvalue weighted by molar-refractivity contribution is 5.78. The summed E-state index contributed by atoms with van der Waals surface area (Å²) in [6.45, 7) is 1.14. The molecule has 0 saturated carbocycles. The van der Waals surface area contributed by atoms with Crippen LogP contribution < -0.4 is 5.32 Å². The van der Waals surface area contributed by atoms with Crippen LogP contribution in [0.15, 0.2) is 54.6 Å². The SMILES string of the molecule is O=C(CCNc1ccccc1[N+](=O)[O-])N1CC[C@H]1c1ccccc1.